The van der Waals surface area contributed by atoms with Crippen LogP contribution in [0.5, 0.6) is 0 Å². The Morgan fingerprint density at radius 3 is 1.58 bits per heavy atom. The van der Waals surface area contributed by atoms with E-state index in [2.05, 4.69) is 45.4 Å². The second-order valence-electron chi connectivity index (χ2n) is 5.04. The number of benzene rings is 1. The van der Waals surface area contributed by atoms with Crippen molar-refractivity contribution in [3.63, 3.8) is 0 Å². The molecule has 0 aliphatic heterocycles. The molecule has 26 heavy (non-hydrogen) atoms. The molecule has 1 rings (SSSR count). The molecule has 8 nitrogen and oxygen atoms in total. The molecule has 0 spiro atoms. The second-order valence-corrected chi connectivity index (χ2v) is 5.77. The van der Waals surface area contributed by atoms with Crippen molar-refractivity contribution in [1.29, 1.82) is 0 Å². The first-order chi connectivity index (χ1) is 12.4. The molecule has 2 N–H and O–H groups in total. The lowest BCUT2D eigenvalue weighted by Crippen LogP contribution is -2.43. The van der Waals surface area contributed by atoms with Crippen molar-refractivity contribution in [3.8, 4) is 0 Å². The van der Waals surface area contributed by atoms with Crippen LogP contribution in [0.1, 0.15) is 20.7 Å². The summed E-state index contributed by atoms with van der Waals surface area (Å²) >= 11 is 7.99. The molecule has 0 saturated carbocycles. The summed E-state index contributed by atoms with van der Waals surface area (Å²) in [4.78, 5) is 47.6. The summed E-state index contributed by atoms with van der Waals surface area (Å²) in [5.41, 5.74) is 0.322. The topological polar surface area (TPSA) is 111 Å². The fourth-order valence-corrected chi connectivity index (χ4v) is 2.41. The maximum Gasteiger partial charge on any atom is 0.329 e. The number of hydrogen-bond acceptors (Lipinski definition) is 8. The van der Waals surface area contributed by atoms with E-state index in [0.717, 1.165) is 0 Å². The first kappa shape index (κ1) is 21.8. The minimum atomic E-state index is -0.916. The minimum Gasteiger partial charge on any atom is -0.467 e. The van der Waals surface area contributed by atoms with Crippen molar-refractivity contribution < 1.29 is 28.7 Å². The van der Waals surface area contributed by atoms with Crippen molar-refractivity contribution in [3.05, 3.63) is 35.4 Å². The standard InChI is InChI=1S/C16H20N2O6S2/c1-23-15(21)11(7-25)17-13(19)9-4-3-5-10(6-9)14(20)18-12(8-26)16(22)24-2/h3-6,11-12,25-26H,7-8H2,1-2H3,(H,17,19)(H,18,20)/t11-,12-/m0/s1. The molecule has 2 amide bonds. The van der Waals surface area contributed by atoms with Gasteiger partial charge in [-0.2, -0.15) is 25.3 Å². The van der Waals surface area contributed by atoms with E-state index in [9.17, 15) is 19.2 Å². The van der Waals surface area contributed by atoms with Gasteiger partial charge >= 0.3 is 11.9 Å². The lowest BCUT2D eigenvalue weighted by atomic mass is 10.1. The third-order valence-electron chi connectivity index (χ3n) is 3.33. The number of carbonyl (C=O) groups excluding carboxylic acids is 4. The van der Waals surface area contributed by atoms with Gasteiger partial charge in [0, 0.05) is 22.6 Å². The number of nitrogens with one attached hydrogen (secondary N) is 2. The van der Waals surface area contributed by atoms with E-state index in [0.29, 0.717) is 0 Å². The molecule has 0 bridgehead atoms. The van der Waals surface area contributed by atoms with Gasteiger partial charge in [-0.3, -0.25) is 9.59 Å². The summed E-state index contributed by atoms with van der Waals surface area (Å²) in [6.07, 6.45) is 0. The highest BCUT2D eigenvalue weighted by molar-refractivity contribution is 7.80. The number of hydrogen-bond donors (Lipinski definition) is 4. The van der Waals surface area contributed by atoms with Crippen LogP contribution in [0.4, 0.5) is 0 Å². The molecule has 142 valence electrons. The number of ether oxygens (including phenoxy) is 2. The molecule has 0 aromatic heterocycles. The molecule has 0 aliphatic rings. The average Bonchev–Trinajstić information content (AvgIpc) is 2.68. The SMILES string of the molecule is COC(=O)[C@H](CS)NC(=O)c1cccc(C(=O)N[C@@H](CS)C(=O)OC)c1. The summed E-state index contributed by atoms with van der Waals surface area (Å²) in [7, 11) is 2.41. The monoisotopic (exact) mass is 400 g/mol. The van der Waals surface area contributed by atoms with Crippen LogP contribution < -0.4 is 10.6 Å². The summed E-state index contributed by atoms with van der Waals surface area (Å²) in [5, 5.41) is 4.94. The Labute approximate surface area is 161 Å². The molecule has 0 saturated heterocycles. The van der Waals surface area contributed by atoms with E-state index in [4.69, 9.17) is 0 Å². The summed E-state index contributed by atoms with van der Waals surface area (Å²) in [6, 6.07) is 3.98. The molecular formula is C16H20N2O6S2. The van der Waals surface area contributed by atoms with Crippen molar-refractivity contribution in [2.75, 3.05) is 25.7 Å². The highest BCUT2D eigenvalue weighted by atomic mass is 32.1. The predicted octanol–water partition coefficient (Wildman–Crippen LogP) is 0.0890. The summed E-state index contributed by atoms with van der Waals surface area (Å²) in [5.74, 6) is -2.28. The smallest absolute Gasteiger partial charge is 0.329 e. The van der Waals surface area contributed by atoms with Crippen molar-refractivity contribution >= 4 is 49.0 Å². The van der Waals surface area contributed by atoms with Gasteiger partial charge in [0.25, 0.3) is 11.8 Å². The molecule has 0 aliphatic carbocycles. The Balaban J connectivity index is 2.89. The van der Waals surface area contributed by atoms with Gasteiger partial charge in [-0.15, -0.1) is 0 Å². The highest BCUT2D eigenvalue weighted by Crippen LogP contribution is 2.07. The van der Waals surface area contributed by atoms with Crippen molar-refractivity contribution in [1.82, 2.24) is 10.6 Å². The molecule has 2 atom stereocenters. The number of thiol groups is 2. The molecule has 1 aromatic rings. The van der Waals surface area contributed by atoms with Gasteiger partial charge in [-0.05, 0) is 18.2 Å². The van der Waals surface area contributed by atoms with E-state index in [1.165, 1.54) is 38.5 Å². The molecule has 0 radical (unpaired) electrons. The number of amides is 2. The summed E-state index contributed by atoms with van der Waals surface area (Å²) < 4.78 is 9.15. The largest absolute Gasteiger partial charge is 0.467 e. The van der Waals surface area contributed by atoms with Crippen LogP contribution in [0.15, 0.2) is 24.3 Å². The van der Waals surface area contributed by atoms with Crippen LogP contribution in [0.3, 0.4) is 0 Å². The Morgan fingerprint density at radius 1 is 0.885 bits per heavy atom. The number of methoxy groups -OCH3 is 2. The zero-order valence-corrected chi connectivity index (χ0v) is 16.0. The lowest BCUT2D eigenvalue weighted by Gasteiger charge is -2.15. The van der Waals surface area contributed by atoms with Crippen LogP contribution >= 0.6 is 25.3 Å². The molecule has 0 fully saturated rings. The number of esters is 2. The van der Waals surface area contributed by atoms with E-state index in [-0.39, 0.29) is 22.6 Å². The Hall–Kier alpha value is -2.20. The first-order valence-electron chi connectivity index (χ1n) is 7.47. The minimum absolute atomic E-state index is 0.0569. The van der Waals surface area contributed by atoms with Gasteiger partial charge in [-0.1, -0.05) is 6.07 Å². The molecule has 0 unspecified atom stereocenters. The van der Waals surface area contributed by atoms with Crippen LogP contribution in [0.2, 0.25) is 0 Å². The van der Waals surface area contributed by atoms with Gasteiger partial charge in [0.05, 0.1) is 14.2 Å². The van der Waals surface area contributed by atoms with Gasteiger partial charge in [-0.25, -0.2) is 9.59 Å². The lowest BCUT2D eigenvalue weighted by molar-refractivity contribution is -0.143. The van der Waals surface area contributed by atoms with Crippen molar-refractivity contribution in [2.45, 2.75) is 12.1 Å². The maximum atomic E-state index is 12.3. The van der Waals surface area contributed by atoms with E-state index in [1.807, 2.05) is 0 Å². The van der Waals surface area contributed by atoms with Gasteiger partial charge in [0.2, 0.25) is 0 Å². The van der Waals surface area contributed by atoms with E-state index in [1.54, 1.807) is 0 Å². The van der Waals surface area contributed by atoms with E-state index >= 15 is 0 Å². The number of carbonyl (C=O) groups is 4. The molecule has 1 aromatic carbocycles. The third-order valence-corrected chi connectivity index (χ3v) is 4.06. The normalized spacial score (nSPS) is 12.5. The van der Waals surface area contributed by atoms with Crippen molar-refractivity contribution in [2.24, 2.45) is 0 Å². The zero-order valence-electron chi connectivity index (χ0n) is 14.2. The second kappa shape index (κ2) is 10.7. The average molecular weight is 400 g/mol. The Morgan fingerprint density at radius 2 is 1.27 bits per heavy atom. The molecule has 10 heteroatoms. The first-order valence-corrected chi connectivity index (χ1v) is 8.73. The fraction of sp³-hybridized carbons (Fsp3) is 0.375. The van der Waals surface area contributed by atoms with Crippen LogP contribution in [-0.2, 0) is 19.1 Å². The zero-order chi connectivity index (χ0) is 19.7. The Kier molecular flexibility index (Phi) is 9.00. The Bertz CT molecular complexity index is 629. The van der Waals surface area contributed by atoms with Crippen LogP contribution in [0, 0.1) is 0 Å². The van der Waals surface area contributed by atoms with Gasteiger partial charge in [0.15, 0.2) is 0 Å². The van der Waals surface area contributed by atoms with Crippen LogP contribution in [0.25, 0.3) is 0 Å². The molecular weight excluding hydrogens is 380 g/mol. The summed E-state index contributed by atoms with van der Waals surface area (Å²) in [6.45, 7) is 0. The van der Waals surface area contributed by atoms with Gasteiger partial charge < -0.3 is 20.1 Å². The van der Waals surface area contributed by atoms with Gasteiger partial charge in [0.1, 0.15) is 12.1 Å². The third kappa shape index (κ3) is 5.95. The highest BCUT2D eigenvalue weighted by Gasteiger charge is 2.23. The quantitative estimate of drug-likeness (QED) is 0.364. The van der Waals surface area contributed by atoms with E-state index < -0.39 is 35.8 Å². The fourth-order valence-electron chi connectivity index (χ4n) is 1.93. The number of rotatable bonds is 8. The maximum absolute atomic E-state index is 12.3. The van der Waals surface area contributed by atoms with Crippen LogP contribution in [-0.4, -0.2) is 61.6 Å². The molecule has 0 heterocycles. The predicted molar refractivity (Wildman–Crippen MR) is 101 cm³/mol.